The van der Waals surface area contributed by atoms with Gasteiger partial charge in [0.05, 0.1) is 0 Å². The summed E-state index contributed by atoms with van der Waals surface area (Å²) in [4.78, 5) is 0. The largest absolute Gasteiger partial charge is 0.204 e. The Bertz CT molecular complexity index is 779. The molecule has 0 atom stereocenters. The minimum Gasteiger partial charge on any atom is -0.201 e. The summed E-state index contributed by atoms with van der Waals surface area (Å²) in [5.41, 5.74) is 3.72. The lowest BCUT2D eigenvalue weighted by Crippen LogP contribution is -2.31. The van der Waals surface area contributed by atoms with E-state index in [0.29, 0.717) is 0 Å². The van der Waals surface area contributed by atoms with Crippen molar-refractivity contribution in [2.24, 2.45) is 7.05 Å². The summed E-state index contributed by atoms with van der Waals surface area (Å²) >= 11 is 0. The van der Waals surface area contributed by atoms with Crippen LogP contribution in [-0.4, -0.2) is 0 Å². The molecule has 0 bridgehead atoms. The predicted octanol–water partition coefficient (Wildman–Crippen LogP) is 4.14. The van der Waals surface area contributed by atoms with Crippen LogP contribution in [0.3, 0.4) is 0 Å². The normalized spacial score (nSPS) is 11.3. The second kappa shape index (κ2) is 5.30. The number of rotatable bonds is 2. The molecular weight excluding hydrogens is 242 g/mol. The molecule has 20 heavy (non-hydrogen) atoms. The average Bonchev–Trinajstić information content (AvgIpc) is 2.46. The molecule has 0 radical (unpaired) electrons. The highest BCUT2D eigenvalue weighted by Crippen LogP contribution is 2.20. The van der Waals surface area contributed by atoms with Gasteiger partial charge in [0.25, 0.3) is 0 Å². The Balaban J connectivity index is 2.02. The van der Waals surface area contributed by atoms with Gasteiger partial charge in [-0.3, -0.25) is 0 Å². The fraction of sp³-hybridized carbons (Fsp3) is 0.105. The monoisotopic (exact) mass is 260 g/mol. The number of nitrogens with zero attached hydrogens (tertiary/aromatic N) is 1. The molecule has 2 aromatic carbocycles. The Labute approximate surface area is 119 Å². The molecule has 0 aliphatic rings. The third-order valence-corrected chi connectivity index (χ3v) is 3.58. The highest BCUT2D eigenvalue weighted by atomic mass is 14.9. The summed E-state index contributed by atoms with van der Waals surface area (Å²) in [7, 11) is 2.08. The van der Waals surface area contributed by atoms with Crippen molar-refractivity contribution >= 4 is 22.9 Å². The van der Waals surface area contributed by atoms with Crippen LogP contribution in [0.4, 0.5) is 0 Å². The Kier molecular flexibility index (Phi) is 3.34. The zero-order valence-electron chi connectivity index (χ0n) is 11.9. The van der Waals surface area contributed by atoms with E-state index in [1.165, 1.54) is 27.6 Å². The minimum absolute atomic E-state index is 1.20. The molecule has 3 rings (SSSR count). The van der Waals surface area contributed by atoms with Crippen LogP contribution in [0.2, 0.25) is 0 Å². The van der Waals surface area contributed by atoms with Gasteiger partial charge in [-0.25, -0.2) is 4.57 Å². The lowest BCUT2D eigenvalue weighted by atomic mass is 10.0. The van der Waals surface area contributed by atoms with Crippen LogP contribution in [-0.2, 0) is 7.05 Å². The van der Waals surface area contributed by atoms with Gasteiger partial charge in [-0.2, -0.15) is 0 Å². The molecule has 0 saturated heterocycles. The minimum atomic E-state index is 1.20. The van der Waals surface area contributed by atoms with Crippen molar-refractivity contribution in [3.8, 4) is 0 Å². The number of hydrogen-bond acceptors (Lipinski definition) is 0. The van der Waals surface area contributed by atoms with Crippen molar-refractivity contribution in [1.82, 2.24) is 0 Å². The molecule has 0 spiro atoms. The van der Waals surface area contributed by atoms with Gasteiger partial charge in [-0.15, -0.1) is 0 Å². The topological polar surface area (TPSA) is 3.88 Å². The first kappa shape index (κ1) is 12.6. The fourth-order valence-corrected chi connectivity index (χ4v) is 2.50. The first-order chi connectivity index (χ1) is 9.74. The summed E-state index contributed by atoms with van der Waals surface area (Å²) in [6.45, 7) is 2.11. The molecule has 1 nitrogen and oxygen atoms in total. The average molecular weight is 260 g/mol. The van der Waals surface area contributed by atoms with Crippen LogP contribution in [0.25, 0.3) is 22.9 Å². The van der Waals surface area contributed by atoms with E-state index in [2.05, 4.69) is 91.5 Å². The van der Waals surface area contributed by atoms with Crippen LogP contribution in [0, 0.1) is 6.92 Å². The van der Waals surface area contributed by atoms with Gasteiger partial charge in [-0.05, 0) is 35.4 Å². The Morgan fingerprint density at radius 2 is 1.65 bits per heavy atom. The standard InChI is InChI=1S/C19H18N/c1-15-10-12-18(20(2)14-15)13-11-17-8-5-7-16-6-3-4-9-19(16)17/h3-14H,1-2H3/q+1/b13-11+. The molecule has 0 fully saturated rings. The lowest BCUT2D eigenvalue weighted by Gasteiger charge is -2.01. The van der Waals surface area contributed by atoms with E-state index in [9.17, 15) is 0 Å². The molecular formula is C19H18N+. The summed E-state index contributed by atoms with van der Waals surface area (Å²) in [5.74, 6) is 0. The Morgan fingerprint density at radius 1 is 0.850 bits per heavy atom. The van der Waals surface area contributed by atoms with E-state index in [0.717, 1.165) is 0 Å². The van der Waals surface area contributed by atoms with Gasteiger partial charge in [0.2, 0.25) is 5.69 Å². The van der Waals surface area contributed by atoms with Gasteiger partial charge < -0.3 is 0 Å². The predicted molar refractivity (Wildman–Crippen MR) is 85.2 cm³/mol. The summed E-state index contributed by atoms with van der Waals surface area (Å²) in [5, 5.41) is 2.57. The molecule has 0 N–H and O–H groups in total. The maximum absolute atomic E-state index is 2.19. The molecule has 98 valence electrons. The molecule has 0 aliphatic carbocycles. The van der Waals surface area contributed by atoms with Crippen molar-refractivity contribution in [3.63, 3.8) is 0 Å². The maximum atomic E-state index is 2.19. The third kappa shape index (κ3) is 2.48. The fourth-order valence-electron chi connectivity index (χ4n) is 2.50. The molecule has 0 aliphatic heterocycles. The zero-order chi connectivity index (χ0) is 13.9. The van der Waals surface area contributed by atoms with Crippen molar-refractivity contribution in [3.05, 3.63) is 77.6 Å². The van der Waals surface area contributed by atoms with Crippen molar-refractivity contribution in [2.45, 2.75) is 6.92 Å². The molecule has 0 amide bonds. The van der Waals surface area contributed by atoms with E-state index in [4.69, 9.17) is 0 Å². The lowest BCUT2D eigenvalue weighted by molar-refractivity contribution is -0.673. The summed E-state index contributed by atoms with van der Waals surface area (Å²) in [6.07, 6.45) is 6.50. The van der Waals surface area contributed by atoms with E-state index in [-0.39, 0.29) is 0 Å². The SMILES string of the molecule is Cc1ccc(/C=C/c2cccc3ccccc23)[n+](C)c1. The first-order valence-electron chi connectivity index (χ1n) is 6.86. The molecule has 1 heterocycles. The van der Waals surface area contributed by atoms with Crippen LogP contribution >= 0.6 is 0 Å². The van der Waals surface area contributed by atoms with Gasteiger partial charge in [0.1, 0.15) is 7.05 Å². The Morgan fingerprint density at radius 3 is 2.50 bits per heavy atom. The van der Waals surface area contributed by atoms with E-state index < -0.39 is 0 Å². The van der Waals surface area contributed by atoms with Gasteiger partial charge >= 0.3 is 0 Å². The van der Waals surface area contributed by atoms with Gasteiger partial charge in [0.15, 0.2) is 6.20 Å². The molecule has 0 unspecified atom stereocenters. The van der Waals surface area contributed by atoms with E-state index >= 15 is 0 Å². The zero-order valence-corrected chi connectivity index (χ0v) is 11.9. The van der Waals surface area contributed by atoms with Crippen LogP contribution in [0.1, 0.15) is 16.8 Å². The molecule has 0 saturated carbocycles. The number of hydrogen-bond donors (Lipinski definition) is 0. The number of aromatic nitrogens is 1. The third-order valence-electron chi connectivity index (χ3n) is 3.58. The van der Waals surface area contributed by atoms with Crippen molar-refractivity contribution in [1.29, 1.82) is 0 Å². The van der Waals surface area contributed by atoms with Crippen LogP contribution in [0.5, 0.6) is 0 Å². The highest BCUT2D eigenvalue weighted by Gasteiger charge is 2.02. The number of fused-ring (bicyclic) bond motifs is 1. The number of benzene rings is 2. The number of aryl methyl sites for hydroxylation is 2. The molecule has 1 aromatic heterocycles. The number of pyridine rings is 1. The highest BCUT2D eigenvalue weighted by molar-refractivity contribution is 5.92. The molecule has 1 heteroatoms. The van der Waals surface area contributed by atoms with Gasteiger partial charge in [-0.1, -0.05) is 42.5 Å². The summed E-state index contributed by atoms with van der Waals surface area (Å²) in [6, 6.07) is 19.2. The summed E-state index contributed by atoms with van der Waals surface area (Å²) < 4.78 is 2.15. The van der Waals surface area contributed by atoms with E-state index in [1.807, 2.05) is 0 Å². The quantitative estimate of drug-likeness (QED) is 0.610. The maximum Gasteiger partial charge on any atom is 0.204 e. The first-order valence-corrected chi connectivity index (χ1v) is 6.86. The second-order valence-corrected chi connectivity index (χ2v) is 5.14. The Hall–Kier alpha value is -2.41. The smallest absolute Gasteiger partial charge is 0.201 e. The van der Waals surface area contributed by atoms with Gasteiger partial charge in [0, 0.05) is 17.7 Å². The van der Waals surface area contributed by atoms with Crippen LogP contribution in [0.15, 0.2) is 60.8 Å². The van der Waals surface area contributed by atoms with Crippen LogP contribution < -0.4 is 4.57 Å². The van der Waals surface area contributed by atoms with Crippen molar-refractivity contribution < 1.29 is 4.57 Å². The molecule has 3 aromatic rings. The van der Waals surface area contributed by atoms with E-state index in [1.54, 1.807) is 0 Å². The van der Waals surface area contributed by atoms with Crippen molar-refractivity contribution in [2.75, 3.05) is 0 Å². The second-order valence-electron chi connectivity index (χ2n) is 5.14.